The Bertz CT molecular complexity index is 1200. The molecule has 4 nitrogen and oxygen atoms in total. The number of hydrogen-bond acceptors (Lipinski definition) is 3. The summed E-state index contributed by atoms with van der Waals surface area (Å²) in [4.78, 5) is -0.179. The van der Waals surface area contributed by atoms with E-state index >= 15 is 0 Å². The molecule has 1 aliphatic carbocycles. The van der Waals surface area contributed by atoms with Crippen LogP contribution in [0.3, 0.4) is 0 Å². The van der Waals surface area contributed by atoms with E-state index < -0.39 is 22.1 Å². The summed E-state index contributed by atoms with van der Waals surface area (Å²) in [5, 5.41) is 10.8. The third-order valence-corrected chi connectivity index (χ3v) is 6.00. The summed E-state index contributed by atoms with van der Waals surface area (Å²) in [6, 6.07) is 21.9. The van der Waals surface area contributed by atoms with Crippen LogP contribution in [0.25, 0.3) is 18.2 Å². The molecule has 2 unspecified atom stereocenters. The standard InChI is InChI=1S/C24H20O4S.Na.H/c25-24-21-9-5-4-8-18(21)14-15-22(24)20-13-12-19(23(16-20)29(26,27)28)11-10-17-6-2-1-3-7-17;;/h1-16,22,24-25H,(H,26,27,28);;. The Morgan fingerprint density at radius 1 is 0.867 bits per heavy atom. The predicted octanol–water partition coefficient (Wildman–Crippen LogP) is 4.30. The number of rotatable bonds is 4. The minimum atomic E-state index is -4.43. The van der Waals surface area contributed by atoms with Crippen molar-refractivity contribution in [2.45, 2.75) is 16.9 Å². The molecule has 0 saturated heterocycles. The monoisotopic (exact) mass is 428 g/mol. The van der Waals surface area contributed by atoms with E-state index in [1.54, 1.807) is 24.3 Å². The summed E-state index contributed by atoms with van der Waals surface area (Å²) in [5.74, 6) is -0.405. The Hall–Kier alpha value is -1.99. The first kappa shape index (κ1) is 22.7. The van der Waals surface area contributed by atoms with Gasteiger partial charge in [0.2, 0.25) is 0 Å². The predicted molar refractivity (Wildman–Crippen MR) is 122 cm³/mol. The van der Waals surface area contributed by atoms with Crippen LogP contribution in [0.4, 0.5) is 0 Å². The molecule has 3 aromatic carbocycles. The van der Waals surface area contributed by atoms with Crippen molar-refractivity contribution in [1.82, 2.24) is 0 Å². The SMILES string of the molecule is O=S(=O)(O)c1cc(C2C=Cc3ccccc3C2O)ccc1C=Cc1ccccc1.[NaH]. The first-order chi connectivity index (χ1) is 13.9. The van der Waals surface area contributed by atoms with Crippen molar-refractivity contribution in [2.75, 3.05) is 0 Å². The maximum absolute atomic E-state index is 12.0. The van der Waals surface area contributed by atoms with Crippen LogP contribution in [0.1, 0.15) is 39.8 Å². The van der Waals surface area contributed by atoms with Gasteiger partial charge in [0.15, 0.2) is 0 Å². The molecule has 2 atom stereocenters. The molecule has 1 aliphatic rings. The molecule has 0 bridgehead atoms. The zero-order chi connectivity index (χ0) is 20.4. The van der Waals surface area contributed by atoms with Gasteiger partial charge in [-0.1, -0.05) is 91.0 Å². The van der Waals surface area contributed by atoms with Crippen LogP contribution in [-0.4, -0.2) is 47.6 Å². The Kier molecular flexibility index (Phi) is 7.14. The van der Waals surface area contributed by atoms with Gasteiger partial charge in [-0.25, -0.2) is 0 Å². The summed E-state index contributed by atoms with van der Waals surface area (Å²) < 4.78 is 33.8. The minimum absolute atomic E-state index is 0. The molecule has 3 aromatic rings. The normalized spacial score (nSPS) is 18.1. The fourth-order valence-corrected chi connectivity index (χ4v) is 4.32. The summed E-state index contributed by atoms with van der Waals surface area (Å²) in [7, 11) is -4.43. The van der Waals surface area contributed by atoms with Gasteiger partial charge in [0.1, 0.15) is 4.90 Å². The molecule has 30 heavy (non-hydrogen) atoms. The molecule has 0 spiro atoms. The van der Waals surface area contributed by atoms with Crippen molar-refractivity contribution >= 4 is 57.9 Å². The van der Waals surface area contributed by atoms with Crippen LogP contribution in [0.15, 0.2) is 83.8 Å². The topological polar surface area (TPSA) is 74.6 Å². The van der Waals surface area contributed by atoms with E-state index in [0.29, 0.717) is 11.1 Å². The van der Waals surface area contributed by atoms with Crippen molar-refractivity contribution in [3.63, 3.8) is 0 Å². The first-order valence-electron chi connectivity index (χ1n) is 9.23. The third-order valence-electron chi connectivity index (χ3n) is 5.09. The molecule has 4 rings (SSSR count). The molecule has 0 fully saturated rings. The van der Waals surface area contributed by atoms with Crippen LogP contribution >= 0.6 is 0 Å². The Morgan fingerprint density at radius 3 is 2.30 bits per heavy atom. The molecule has 6 heteroatoms. The summed E-state index contributed by atoms with van der Waals surface area (Å²) in [5.41, 5.74) is 3.65. The molecule has 0 radical (unpaired) electrons. The zero-order valence-corrected chi connectivity index (χ0v) is 16.3. The van der Waals surface area contributed by atoms with Gasteiger partial charge in [-0.2, -0.15) is 8.42 Å². The average molecular weight is 428 g/mol. The number of fused-ring (bicyclic) bond motifs is 1. The van der Waals surface area contributed by atoms with Crippen LogP contribution in [0.2, 0.25) is 0 Å². The van der Waals surface area contributed by atoms with Crippen molar-refractivity contribution in [2.24, 2.45) is 0 Å². The van der Waals surface area contributed by atoms with Gasteiger partial charge in [0, 0.05) is 5.92 Å². The van der Waals surface area contributed by atoms with Gasteiger partial charge in [-0.3, -0.25) is 4.55 Å². The van der Waals surface area contributed by atoms with Gasteiger partial charge in [0.25, 0.3) is 10.1 Å². The van der Waals surface area contributed by atoms with E-state index in [1.807, 2.05) is 66.7 Å². The number of benzene rings is 3. The van der Waals surface area contributed by atoms with Crippen molar-refractivity contribution in [1.29, 1.82) is 0 Å². The number of aliphatic hydroxyl groups is 1. The van der Waals surface area contributed by atoms with Gasteiger partial charge in [0.05, 0.1) is 6.10 Å². The van der Waals surface area contributed by atoms with Crippen molar-refractivity contribution in [3.05, 3.63) is 107 Å². The second-order valence-electron chi connectivity index (χ2n) is 6.98. The number of hydrogen-bond donors (Lipinski definition) is 2. The van der Waals surface area contributed by atoms with Crippen molar-refractivity contribution in [3.8, 4) is 0 Å². The van der Waals surface area contributed by atoms with Gasteiger partial charge >= 0.3 is 29.6 Å². The molecule has 0 aromatic heterocycles. The van der Waals surface area contributed by atoms with Crippen LogP contribution < -0.4 is 0 Å². The maximum atomic E-state index is 12.0. The van der Waals surface area contributed by atoms with E-state index in [4.69, 9.17) is 0 Å². The fraction of sp³-hybridized carbons (Fsp3) is 0.0833. The van der Waals surface area contributed by atoms with E-state index in [9.17, 15) is 18.1 Å². The number of aliphatic hydroxyl groups excluding tert-OH is 1. The third kappa shape index (κ3) is 4.83. The van der Waals surface area contributed by atoms with Crippen molar-refractivity contribution < 1.29 is 18.1 Å². The van der Waals surface area contributed by atoms with Crippen LogP contribution in [0.5, 0.6) is 0 Å². The summed E-state index contributed by atoms with van der Waals surface area (Å²) in [6.07, 6.45) is 6.43. The molecule has 0 aliphatic heterocycles. The molecule has 148 valence electrons. The molecule has 0 saturated carbocycles. The average Bonchev–Trinajstić information content (AvgIpc) is 2.73. The zero-order valence-electron chi connectivity index (χ0n) is 15.5. The quantitative estimate of drug-likeness (QED) is 0.369. The second-order valence-corrected chi connectivity index (χ2v) is 8.36. The van der Waals surface area contributed by atoms with Crippen LogP contribution in [0, 0.1) is 0 Å². The van der Waals surface area contributed by atoms with Gasteiger partial charge in [-0.15, -0.1) is 0 Å². The van der Waals surface area contributed by atoms with Gasteiger partial charge < -0.3 is 5.11 Å². The molecule has 0 amide bonds. The summed E-state index contributed by atoms with van der Waals surface area (Å²) >= 11 is 0. The Balaban J connectivity index is 0.00000256. The van der Waals surface area contributed by atoms with E-state index in [0.717, 1.165) is 16.7 Å². The second kappa shape index (κ2) is 9.43. The van der Waals surface area contributed by atoms with Gasteiger partial charge in [-0.05, 0) is 33.9 Å². The first-order valence-corrected chi connectivity index (χ1v) is 10.7. The Labute approximate surface area is 198 Å². The molecule has 0 heterocycles. The van der Waals surface area contributed by atoms with Crippen LogP contribution in [-0.2, 0) is 10.1 Å². The van der Waals surface area contributed by atoms with E-state index in [2.05, 4.69) is 0 Å². The molecular weight excluding hydrogens is 407 g/mol. The molecular formula is C24H21NaO4S. The molecule has 2 N–H and O–H groups in total. The summed E-state index contributed by atoms with van der Waals surface area (Å²) in [6.45, 7) is 0. The van der Waals surface area contributed by atoms with E-state index in [1.165, 1.54) is 6.07 Å². The Morgan fingerprint density at radius 2 is 1.57 bits per heavy atom. The van der Waals surface area contributed by atoms with E-state index in [-0.39, 0.29) is 34.5 Å². The fourth-order valence-electron chi connectivity index (χ4n) is 3.60.